The number of piperazine rings is 1. The third-order valence-corrected chi connectivity index (χ3v) is 6.32. The predicted molar refractivity (Wildman–Crippen MR) is 125 cm³/mol. The monoisotopic (exact) mass is 466 g/mol. The molecule has 0 amide bonds. The maximum atomic E-state index is 12.7. The summed E-state index contributed by atoms with van der Waals surface area (Å²) in [5, 5.41) is 1.18. The highest BCUT2D eigenvalue weighted by Gasteiger charge is 2.21. The molecule has 0 atom stereocenters. The molecule has 31 heavy (non-hydrogen) atoms. The fourth-order valence-corrected chi connectivity index (χ4v) is 4.21. The lowest BCUT2D eigenvalue weighted by atomic mass is 10.0. The van der Waals surface area contributed by atoms with Gasteiger partial charge in [0.15, 0.2) is 17.3 Å². The second-order valence-corrected chi connectivity index (χ2v) is 8.13. The van der Waals surface area contributed by atoms with Crippen LogP contribution in [0.3, 0.4) is 0 Å². The molecule has 8 heteroatoms. The van der Waals surface area contributed by atoms with Gasteiger partial charge in [0.2, 0.25) is 5.75 Å². The van der Waals surface area contributed by atoms with Crippen molar-refractivity contribution in [3.8, 4) is 17.2 Å². The minimum Gasteiger partial charge on any atom is -0.493 e. The molecule has 0 unspecified atom stereocenters. The number of halogens is 2. The molecule has 1 saturated heterocycles. The molecular formula is C23H28Cl2N2O4. The second-order valence-electron chi connectivity index (χ2n) is 7.34. The van der Waals surface area contributed by atoms with Crippen LogP contribution in [0.25, 0.3) is 0 Å². The molecular weight excluding hydrogens is 439 g/mol. The van der Waals surface area contributed by atoms with Crippen LogP contribution in [0.15, 0.2) is 30.3 Å². The Balaban J connectivity index is 1.51. The van der Waals surface area contributed by atoms with Crippen LogP contribution in [-0.2, 0) is 0 Å². The SMILES string of the molecule is COc1cc(C(=O)CCCN2CCN(c3cccc(Cl)c3Cl)CC2)cc(OC)c1OC. The molecule has 3 rings (SSSR count). The van der Waals surface area contributed by atoms with E-state index in [0.29, 0.717) is 39.3 Å². The molecule has 2 aromatic carbocycles. The summed E-state index contributed by atoms with van der Waals surface area (Å²) in [6.45, 7) is 4.46. The van der Waals surface area contributed by atoms with Crippen LogP contribution in [0.2, 0.25) is 10.0 Å². The molecule has 0 aromatic heterocycles. The number of carbonyl (C=O) groups excluding carboxylic acids is 1. The van der Waals surface area contributed by atoms with Gasteiger partial charge in [0, 0.05) is 38.2 Å². The van der Waals surface area contributed by atoms with Crippen molar-refractivity contribution in [2.45, 2.75) is 12.8 Å². The summed E-state index contributed by atoms with van der Waals surface area (Å²) in [6.07, 6.45) is 1.24. The number of anilines is 1. The predicted octanol–water partition coefficient (Wildman–Crippen LogP) is 4.80. The molecule has 1 aliphatic rings. The first-order valence-electron chi connectivity index (χ1n) is 10.2. The summed E-state index contributed by atoms with van der Waals surface area (Å²) in [7, 11) is 4.63. The van der Waals surface area contributed by atoms with Gasteiger partial charge in [0.1, 0.15) is 0 Å². The van der Waals surface area contributed by atoms with E-state index in [1.807, 2.05) is 12.1 Å². The van der Waals surface area contributed by atoms with Crippen molar-refractivity contribution in [3.05, 3.63) is 45.9 Å². The maximum absolute atomic E-state index is 12.7. The van der Waals surface area contributed by atoms with Crippen LogP contribution < -0.4 is 19.1 Å². The number of hydrogen-bond acceptors (Lipinski definition) is 6. The Morgan fingerprint density at radius 1 is 0.968 bits per heavy atom. The fraction of sp³-hybridized carbons (Fsp3) is 0.435. The van der Waals surface area contributed by atoms with Crippen molar-refractivity contribution in [1.29, 1.82) is 0 Å². The van der Waals surface area contributed by atoms with E-state index in [9.17, 15) is 4.79 Å². The van der Waals surface area contributed by atoms with Gasteiger partial charge in [-0.1, -0.05) is 29.3 Å². The Bertz CT molecular complexity index is 889. The Labute approximate surface area is 193 Å². The Morgan fingerprint density at radius 2 is 1.61 bits per heavy atom. The Hall–Kier alpha value is -2.15. The van der Waals surface area contributed by atoms with Crippen LogP contribution >= 0.6 is 23.2 Å². The van der Waals surface area contributed by atoms with Gasteiger partial charge >= 0.3 is 0 Å². The van der Waals surface area contributed by atoms with Gasteiger partial charge in [-0.15, -0.1) is 0 Å². The highest BCUT2D eigenvalue weighted by Crippen LogP contribution is 2.38. The van der Waals surface area contributed by atoms with Crippen molar-refractivity contribution in [2.75, 3.05) is 59.0 Å². The van der Waals surface area contributed by atoms with Crippen molar-refractivity contribution in [2.24, 2.45) is 0 Å². The van der Waals surface area contributed by atoms with E-state index in [2.05, 4.69) is 9.80 Å². The largest absolute Gasteiger partial charge is 0.493 e. The van der Waals surface area contributed by atoms with E-state index < -0.39 is 0 Å². The lowest BCUT2D eigenvalue weighted by molar-refractivity contribution is 0.0973. The zero-order valence-electron chi connectivity index (χ0n) is 18.1. The van der Waals surface area contributed by atoms with Gasteiger partial charge in [-0.05, 0) is 37.2 Å². The molecule has 0 N–H and O–H groups in total. The van der Waals surface area contributed by atoms with Crippen LogP contribution in [-0.4, -0.2) is 64.7 Å². The van der Waals surface area contributed by atoms with Crippen LogP contribution in [0.4, 0.5) is 5.69 Å². The highest BCUT2D eigenvalue weighted by atomic mass is 35.5. The standard InChI is InChI=1S/C23H28Cl2N2O4/c1-29-20-14-16(15-21(30-2)23(20)31-3)19(28)8-5-9-26-10-12-27(13-11-26)18-7-4-6-17(24)22(18)25/h4,6-7,14-15H,5,8-13H2,1-3H3. The van der Waals surface area contributed by atoms with Gasteiger partial charge in [-0.25, -0.2) is 0 Å². The molecule has 0 aliphatic carbocycles. The van der Waals surface area contributed by atoms with Crippen LogP contribution in [0, 0.1) is 0 Å². The summed E-state index contributed by atoms with van der Waals surface area (Å²) in [5.41, 5.74) is 1.54. The van der Waals surface area contributed by atoms with Gasteiger partial charge in [0.25, 0.3) is 0 Å². The molecule has 1 fully saturated rings. The molecule has 168 valence electrons. The smallest absolute Gasteiger partial charge is 0.203 e. The average Bonchev–Trinajstić information content (AvgIpc) is 2.80. The van der Waals surface area contributed by atoms with Gasteiger partial charge in [0.05, 0.1) is 37.1 Å². The quantitative estimate of drug-likeness (QED) is 0.494. The normalized spacial score (nSPS) is 14.4. The number of benzene rings is 2. The van der Waals surface area contributed by atoms with Crippen molar-refractivity contribution < 1.29 is 19.0 Å². The third-order valence-electron chi connectivity index (χ3n) is 5.51. The van der Waals surface area contributed by atoms with Crippen LogP contribution in [0.1, 0.15) is 23.2 Å². The van der Waals surface area contributed by atoms with Crippen molar-refractivity contribution in [3.63, 3.8) is 0 Å². The third kappa shape index (κ3) is 5.56. The second kappa shape index (κ2) is 10.9. The number of ketones is 1. The number of nitrogens with zero attached hydrogens (tertiary/aromatic N) is 2. The van der Waals surface area contributed by atoms with Crippen molar-refractivity contribution >= 4 is 34.7 Å². The van der Waals surface area contributed by atoms with E-state index >= 15 is 0 Å². The van der Waals surface area contributed by atoms with E-state index in [0.717, 1.165) is 44.8 Å². The van der Waals surface area contributed by atoms with Gasteiger partial charge < -0.3 is 19.1 Å². The molecule has 2 aromatic rings. The summed E-state index contributed by atoms with van der Waals surface area (Å²) < 4.78 is 16.0. The molecule has 0 spiro atoms. The summed E-state index contributed by atoms with van der Waals surface area (Å²) in [6, 6.07) is 9.13. The maximum Gasteiger partial charge on any atom is 0.203 e. The average molecular weight is 467 g/mol. The summed E-state index contributed by atoms with van der Waals surface area (Å²) in [4.78, 5) is 17.4. The van der Waals surface area contributed by atoms with E-state index in [4.69, 9.17) is 37.4 Å². The number of hydrogen-bond donors (Lipinski definition) is 0. The van der Waals surface area contributed by atoms with Crippen LogP contribution in [0.5, 0.6) is 17.2 Å². The highest BCUT2D eigenvalue weighted by molar-refractivity contribution is 6.43. The van der Waals surface area contributed by atoms with Crippen molar-refractivity contribution in [1.82, 2.24) is 4.90 Å². The fourth-order valence-electron chi connectivity index (χ4n) is 3.80. The summed E-state index contributed by atoms with van der Waals surface area (Å²) in [5.74, 6) is 1.52. The van der Waals surface area contributed by atoms with Gasteiger partial charge in [-0.2, -0.15) is 0 Å². The first kappa shape index (κ1) is 23.5. The topological polar surface area (TPSA) is 51.2 Å². The molecule has 0 saturated carbocycles. The molecule has 6 nitrogen and oxygen atoms in total. The van der Waals surface area contributed by atoms with E-state index in [-0.39, 0.29) is 5.78 Å². The number of rotatable bonds is 9. The zero-order valence-corrected chi connectivity index (χ0v) is 19.6. The number of Topliss-reactive ketones (excluding diaryl/α,β-unsaturated/α-hetero) is 1. The lowest BCUT2D eigenvalue weighted by Gasteiger charge is -2.36. The lowest BCUT2D eigenvalue weighted by Crippen LogP contribution is -2.46. The van der Waals surface area contributed by atoms with E-state index in [1.165, 1.54) is 0 Å². The number of carbonyl (C=O) groups is 1. The summed E-state index contributed by atoms with van der Waals surface area (Å²) >= 11 is 12.5. The van der Waals surface area contributed by atoms with Gasteiger partial charge in [-0.3, -0.25) is 9.69 Å². The number of ether oxygens (including phenoxy) is 3. The molecule has 0 bridgehead atoms. The first-order chi connectivity index (χ1) is 15.0. The first-order valence-corrected chi connectivity index (χ1v) is 11.0. The Kier molecular flexibility index (Phi) is 8.29. The minimum absolute atomic E-state index is 0.0589. The minimum atomic E-state index is 0.0589. The Morgan fingerprint density at radius 3 is 2.19 bits per heavy atom. The zero-order chi connectivity index (χ0) is 22.4. The van der Waals surface area contributed by atoms with E-state index in [1.54, 1.807) is 39.5 Å². The molecule has 1 aliphatic heterocycles. The molecule has 0 radical (unpaired) electrons. The number of methoxy groups -OCH3 is 3. The molecule has 1 heterocycles.